The number of piperidine rings is 1. The summed E-state index contributed by atoms with van der Waals surface area (Å²) in [6.07, 6.45) is 1.83. The Morgan fingerprint density at radius 3 is 2.00 bits per heavy atom. The maximum Gasteiger partial charge on any atom is 0.240 e. The van der Waals surface area contributed by atoms with Gasteiger partial charge in [0.2, 0.25) is 11.8 Å². The lowest BCUT2D eigenvalue weighted by Gasteiger charge is -2.43. The van der Waals surface area contributed by atoms with E-state index in [2.05, 4.69) is 32.6 Å². The second-order valence-corrected chi connectivity index (χ2v) is 8.94. The molecule has 0 aromatic heterocycles. The summed E-state index contributed by atoms with van der Waals surface area (Å²) in [7, 11) is 0. The van der Waals surface area contributed by atoms with Crippen LogP contribution in [0.4, 0.5) is 0 Å². The van der Waals surface area contributed by atoms with Crippen molar-refractivity contribution in [2.75, 3.05) is 52.5 Å². The monoisotopic (exact) mass is 395 g/mol. The number of carbonyl (C=O) groups excluding carboxylic acids is 2. The van der Waals surface area contributed by atoms with Gasteiger partial charge in [-0.2, -0.15) is 0 Å². The third-order valence-electron chi connectivity index (χ3n) is 6.20. The van der Waals surface area contributed by atoms with Crippen LogP contribution in [0.15, 0.2) is 0 Å². The predicted molar refractivity (Wildman–Crippen MR) is 107 cm³/mol. The number of carbonyl (C=O) groups is 2. The summed E-state index contributed by atoms with van der Waals surface area (Å²) in [5.74, 6) is 0.751. The van der Waals surface area contributed by atoms with Gasteiger partial charge < -0.3 is 19.3 Å². The summed E-state index contributed by atoms with van der Waals surface area (Å²) in [4.78, 5) is 32.3. The van der Waals surface area contributed by atoms with E-state index in [1.165, 1.54) is 0 Å². The van der Waals surface area contributed by atoms with Crippen LogP contribution >= 0.6 is 0 Å². The smallest absolute Gasteiger partial charge is 0.240 e. The molecule has 0 bridgehead atoms. The minimum atomic E-state index is -0.111. The molecular weight excluding hydrogens is 358 g/mol. The topological polar surface area (TPSA) is 62.3 Å². The first-order valence-corrected chi connectivity index (χ1v) is 10.9. The molecule has 0 N–H and O–H groups in total. The van der Waals surface area contributed by atoms with Crippen LogP contribution in [0.3, 0.4) is 0 Å². The van der Waals surface area contributed by atoms with Crippen LogP contribution in [-0.2, 0) is 19.1 Å². The van der Waals surface area contributed by atoms with E-state index in [0.29, 0.717) is 39.4 Å². The fraction of sp³-hybridized carbons (Fsp3) is 0.905. The molecule has 3 rings (SSSR count). The van der Waals surface area contributed by atoms with E-state index in [-0.39, 0.29) is 41.9 Å². The average molecular weight is 396 g/mol. The molecule has 2 amide bonds. The number of hydrogen-bond donors (Lipinski definition) is 0. The van der Waals surface area contributed by atoms with Crippen molar-refractivity contribution < 1.29 is 19.1 Å². The Kier molecular flexibility index (Phi) is 7.34. The highest BCUT2D eigenvalue weighted by Crippen LogP contribution is 2.25. The molecule has 0 aromatic carbocycles. The van der Waals surface area contributed by atoms with Crippen LogP contribution in [0.25, 0.3) is 0 Å². The van der Waals surface area contributed by atoms with Crippen molar-refractivity contribution in [2.24, 2.45) is 11.8 Å². The quantitative estimate of drug-likeness (QED) is 0.716. The Morgan fingerprint density at radius 1 is 0.893 bits per heavy atom. The summed E-state index contributed by atoms with van der Waals surface area (Å²) in [6, 6.07) is -0.111. The SMILES string of the molecule is CC1CN(C(C(=O)N2CCC(C(=O)N3CCOCC3)CC2)C(C)C)CC(C)O1. The van der Waals surface area contributed by atoms with Crippen molar-refractivity contribution in [3.8, 4) is 0 Å². The maximum absolute atomic E-state index is 13.4. The highest BCUT2D eigenvalue weighted by atomic mass is 16.5. The average Bonchev–Trinajstić information content (AvgIpc) is 2.67. The molecule has 3 unspecified atom stereocenters. The molecular formula is C21H37N3O4. The van der Waals surface area contributed by atoms with Crippen molar-refractivity contribution in [2.45, 2.75) is 58.8 Å². The highest BCUT2D eigenvalue weighted by Gasteiger charge is 2.38. The van der Waals surface area contributed by atoms with Crippen LogP contribution in [0.1, 0.15) is 40.5 Å². The molecule has 7 heteroatoms. The fourth-order valence-corrected chi connectivity index (χ4v) is 4.88. The Bertz CT molecular complexity index is 532. The number of ether oxygens (including phenoxy) is 2. The summed E-state index contributed by atoms with van der Waals surface area (Å²) < 4.78 is 11.2. The lowest BCUT2D eigenvalue weighted by Crippen LogP contribution is -2.58. The van der Waals surface area contributed by atoms with E-state index in [4.69, 9.17) is 9.47 Å². The van der Waals surface area contributed by atoms with Crippen molar-refractivity contribution in [1.82, 2.24) is 14.7 Å². The molecule has 3 atom stereocenters. The van der Waals surface area contributed by atoms with Gasteiger partial charge in [-0.15, -0.1) is 0 Å². The van der Waals surface area contributed by atoms with Crippen LogP contribution in [0.2, 0.25) is 0 Å². The first-order chi connectivity index (χ1) is 13.4. The molecule has 3 saturated heterocycles. The van der Waals surface area contributed by atoms with Gasteiger partial charge in [-0.3, -0.25) is 14.5 Å². The molecule has 3 aliphatic heterocycles. The molecule has 0 saturated carbocycles. The third-order valence-corrected chi connectivity index (χ3v) is 6.20. The summed E-state index contributed by atoms with van der Waals surface area (Å²) in [5.41, 5.74) is 0. The Labute approximate surface area is 169 Å². The van der Waals surface area contributed by atoms with Gasteiger partial charge in [0.25, 0.3) is 0 Å². The Hall–Kier alpha value is -1.18. The minimum Gasteiger partial charge on any atom is -0.378 e. The van der Waals surface area contributed by atoms with Crippen LogP contribution in [0.5, 0.6) is 0 Å². The molecule has 0 aliphatic carbocycles. The number of morpholine rings is 2. The van der Waals surface area contributed by atoms with E-state index in [9.17, 15) is 9.59 Å². The standard InChI is InChI=1S/C21H37N3O4/c1-15(2)19(24-13-16(3)28-17(4)14-24)21(26)22-7-5-18(6-8-22)20(25)23-9-11-27-12-10-23/h15-19H,5-14H2,1-4H3. The molecule has 0 radical (unpaired) electrons. The zero-order chi connectivity index (χ0) is 20.3. The normalized spacial score (nSPS) is 29.2. The van der Waals surface area contributed by atoms with Gasteiger partial charge >= 0.3 is 0 Å². The highest BCUT2D eigenvalue weighted by molar-refractivity contribution is 5.83. The second kappa shape index (κ2) is 9.55. The van der Waals surface area contributed by atoms with Gasteiger partial charge in [0.1, 0.15) is 0 Å². The number of amides is 2. The molecule has 0 spiro atoms. The first kappa shape index (κ1) is 21.5. The van der Waals surface area contributed by atoms with Crippen LogP contribution in [0, 0.1) is 11.8 Å². The van der Waals surface area contributed by atoms with Gasteiger partial charge in [-0.05, 0) is 32.6 Å². The third kappa shape index (κ3) is 5.05. The largest absolute Gasteiger partial charge is 0.378 e. The minimum absolute atomic E-state index is 0.0445. The van der Waals surface area contributed by atoms with Crippen molar-refractivity contribution in [1.29, 1.82) is 0 Å². The van der Waals surface area contributed by atoms with Crippen molar-refractivity contribution in [3.05, 3.63) is 0 Å². The lowest BCUT2D eigenvalue weighted by atomic mass is 9.93. The molecule has 3 aliphatic rings. The molecule has 3 heterocycles. The maximum atomic E-state index is 13.4. The van der Waals surface area contributed by atoms with E-state index in [1.54, 1.807) is 0 Å². The second-order valence-electron chi connectivity index (χ2n) is 8.94. The van der Waals surface area contributed by atoms with E-state index >= 15 is 0 Å². The number of likely N-dealkylation sites (tertiary alicyclic amines) is 1. The number of rotatable bonds is 4. The summed E-state index contributed by atoms with van der Waals surface area (Å²) in [5, 5.41) is 0. The lowest BCUT2D eigenvalue weighted by molar-refractivity contribution is -0.150. The van der Waals surface area contributed by atoms with Gasteiger partial charge in [-0.1, -0.05) is 13.8 Å². The Balaban J connectivity index is 1.57. The van der Waals surface area contributed by atoms with Crippen molar-refractivity contribution in [3.63, 3.8) is 0 Å². The molecule has 160 valence electrons. The predicted octanol–water partition coefficient (Wildman–Crippen LogP) is 1.22. The van der Waals surface area contributed by atoms with E-state index in [0.717, 1.165) is 25.9 Å². The Morgan fingerprint density at radius 2 is 1.46 bits per heavy atom. The molecule has 28 heavy (non-hydrogen) atoms. The van der Waals surface area contributed by atoms with Gasteiger partial charge in [0.05, 0.1) is 31.5 Å². The fourth-order valence-electron chi connectivity index (χ4n) is 4.88. The van der Waals surface area contributed by atoms with Gasteiger partial charge in [-0.25, -0.2) is 0 Å². The molecule has 0 aromatic rings. The number of hydrogen-bond acceptors (Lipinski definition) is 5. The molecule has 3 fully saturated rings. The summed E-state index contributed by atoms with van der Waals surface area (Å²) >= 11 is 0. The first-order valence-electron chi connectivity index (χ1n) is 10.9. The summed E-state index contributed by atoms with van der Waals surface area (Å²) in [6.45, 7) is 14.0. The van der Waals surface area contributed by atoms with Crippen LogP contribution in [-0.4, -0.2) is 97.2 Å². The zero-order valence-electron chi connectivity index (χ0n) is 17.9. The molecule has 7 nitrogen and oxygen atoms in total. The van der Waals surface area contributed by atoms with Gasteiger partial charge in [0.15, 0.2) is 0 Å². The van der Waals surface area contributed by atoms with E-state index in [1.807, 2.05) is 9.80 Å². The number of nitrogens with zero attached hydrogens (tertiary/aromatic N) is 3. The zero-order valence-corrected chi connectivity index (χ0v) is 17.9. The van der Waals surface area contributed by atoms with Crippen LogP contribution < -0.4 is 0 Å². The van der Waals surface area contributed by atoms with E-state index < -0.39 is 0 Å². The van der Waals surface area contributed by atoms with Gasteiger partial charge in [0, 0.05) is 45.2 Å². The van der Waals surface area contributed by atoms with Crippen molar-refractivity contribution >= 4 is 11.8 Å².